The first-order valence-corrected chi connectivity index (χ1v) is 9.32. The lowest BCUT2D eigenvalue weighted by molar-refractivity contribution is 0.0712. The molecule has 8 nitrogen and oxygen atoms in total. The molecule has 1 aliphatic heterocycles. The monoisotopic (exact) mass is 368 g/mol. The van der Waals surface area contributed by atoms with Crippen molar-refractivity contribution in [2.45, 2.75) is 52.5 Å². The van der Waals surface area contributed by atoms with Crippen molar-refractivity contribution in [2.24, 2.45) is 7.05 Å². The summed E-state index contributed by atoms with van der Waals surface area (Å²) in [7, 11) is 1.85. The van der Waals surface area contributed by atoms with Crippen molar-refractivity contribution in [1.29, 1.82) is 0 Å². The Labute approximate surface area is 157 Å². The standard InChI is InChI=1S/C19H24N6O2/c1-10(2)16-21-18(27-23-16)14-7-6-8-25(14)19(26)13-9-11(3)20-17-15(13)12(4)22-24(17)5/h9-10,14H,6-8H2,1-5H3. The van der Waals surface area contributed by atoms with Crippen LogP contribution in [0.25, 0.3) is 11.0 Å². The van der Waals surface area contributed by atoms with Crippen LogP contribution in [0.4, 0.5) is 0 Å². The van der Waals surface area contributed by atoms with E-state index in [1.165, 1.54) is 0 Å². The molecule has 4 rings (SSSR count). The van der Waals surface area contributed by atoms with Gasteiger partial charge in [-0.3, -0.25) is 9.48 Å². The molecule has 0 aliphatic carbocycles. The van der Waals surface area contributed by atoms with Gasteiger partial charge in [-0.1, -0.05) is 19.0 Å². The minimum Gasteiger partial charge on any atom is -0.337 e. The fraction of sp³-hybridized carbons (Fsp3) is 0.526. The second-order valence-electron chi connectivity index (χ2n) is 7.52. The van der Waals surface area contributed by atoms with E-state index in [9.17, 15) is 4.79 Å². The van der Waals surface area contributed by atoms with Crippen molar-refractivity contribution in [3.05, 3.63) is 34.7 Å². The normalized spacial score (nSPS) is 17.4. The molecule has 1 saturated heterocycles. The number of nitrogens with zero attached hydrogens (tertiary/aromatic N) is 6. The number of aryl methyl sites for hydroxylation is 3. The van der Waals surface area contributed by atoms with Crippen molar-refractivity contribution in [1.82, 2.24) is 29.8 Å². The lowest BCUT2D eigenvalue weighted by Gasteiger charge is -2.22. The van der Waals surface area contributed by atoms with E-state index in [1.807, 2.05) is 45.7 Å². The Bertz CT molecular complexity index is 1020. The Hall–Kier alpha value is -2.77. The summed E-state index contributed by atoms with van der Waals surface area (Å²) in [5, 5.41) is 9.32. The molecule has 1 unspecified atom stereocenters. The van der Waals surface area contributed by atoms with Crippen LogP contribution in [0.3, 0.4) is 0 Å². The van der Waals surface area contributed by atoms with Crippen LogP contribution < -0.4 is 0 Å². The molecule has 1 amide bonds. The second kappa shape index (κ2) is 6.44. The Morgan fingerprint density at radius 2 is 2.07 bits per heavy atom. The van der Waals surface area contributed by atoms with Gasteiger partial charge < -0.3 is 9.42 Å². The lowest BCUT2D eigenvalue weighted by Crippen LogP contribution is -2.31. The molecule has 0 aromatic carbocycles. The lowest BCUT2D eigenvalue weighted by atomic mass is 10.1. The van der Waals surface area contributed by atoms with Gasteiger partial charge in [0, 0.05) is 25.2 Å². The summed E-state index contributed by atoms with van der Waals surface area (Å²) < 4.78 is 7.21. The zero-order valence-electron chi connectivity index (χ0n) is 16.4. The summed E-state index contributed by atoms with van der Waals surface area (Å²) in [6.45, 7) is 8.52. The third-order valence-electron chi connectivity index (χ3n) is 5.10. The van der Waals surface area contributed by atoms with E-state index in [0.29, 0.717) is 23.8 Å². The number of aromatic nitrogens is 5. The minimum atomic E-state index is -0.182. The molecule has 142 valence electrons. The zero-order chi connectivity index (χ0) is 19.3. The fourth-order valence-electron chi connectivity index (χ4n) is 3.78. The highest BCUT2D eigenvalue weighted by Gasteiger charge is 2.36. The Kier molecular flexibility index (Phi) is 4.20. The number of carbonyl (C=O) groups is 1. The molecule has 3 aromatic heterocycles. The third-order valence-corrected chi connectivity index (χ3v) is 5.10. The molecule has 8 heteroatoms. The maximum Gasteiger partial charge on any atom is 0.255 e. The van der Waals surface area contributed by atoms with Crippen molar-refractivity contribution < 1.29 is 9.32 Å². The van der Waals surface area contributed by atoms with Gasteiger partial charge in [0.2, 0.25) is 5.89 Å². The second-order valence-corrected chi connectivity index (χ2v) is 7.52. The molecular weight excluding hydrogens is 344 g/mol. The summed E-state index contributed by atoms with van der Waals surface area (Å²) in [5.41, 5.74) is 2.97. The summed E-state index contributed by atoms with van der Waals surface area (Å²) in [4.78, 5) is 24.4. The van der Waals surface area contributed by atoms with Gasteiger partial charge in [0.05, 0.1) is 16.6 Å². The van der Waals surface area contributed by atoms with Crippen molar-refractivity contribution in [3.8, 4) is 0 Å². The Morgan fingerprint density at radius 1 is 1.30 bits per heavy atom. The Balaban J connectivity index is 1.74. The zero-order valence-corrected chi connectivity index (χ0v) is 16.4. The molecule has 1 aliphatic rings. The number of rotatable bonds is 3. The van der Waals surface area contributed by atoms with Gasteiger partial charge in [-0.15, -0.1) is 0 Å². The predicted octanol–water partition coefficient (Wildman–Crippen LogP) is 3.07. The van der Waals surface area contributed by atoms with Crippen LogP contribution in [-0.4, -0.2) is 42.3 Å². The molecule has 27 heavy (non-hydrogen) atoms. The molecule has 0 bridgehead atoms. The largest absolute Gasteiger partial charge is 0.337 e. The average molecular weight is 368 g/mol. The van der Waals surface area contributed by atoms with Gasteiger partial charge in [-0.2, -0.15) is 10.1 Å². The van der Waals surface area contributed by atoms with Gasteiger partial charge in [-0.05, 0) is 32.8 Å². The molecule has 0 radical (unpaired) electrons. The molecule has 0 spiro atoms. The number of likely N-dealkylation sites (tertiary alicyclic amines) is 1. The van der Waals surface area contributed by atoms with Crippen LogP contribution in [0.2, 0.25) is 0 Å². The van der Waals surface area contributed by atoms with E-state index in [0.717, 1.165) is 35.3 Å². The first-order valence-electron chi connectivity index (χ1n) is 9.32. The van der Waals surface area contributed by atoms with E-state index in [4.69, 9.17) is 4.52 Å². The van der Waals surface area contributed by atoms with Crippen LogP contribution in [0, 0.1) is 13.8 Å². The molecule has 4 heterocycles. The van der Waals surface area contributed by atoms with Crippen LogP contribution in [-0.2, 0) is 7.05 Å². The molecule has 1 fully saturated rings. The van der Waals surface area contributed by atoms with Gasteiger partial charge in [-0.25, -0.2) is 4.98 Å². The van der Waals surface area contributed by atoms with Crippen LogP contribution in [0.1, 0.15) is 72.1 Å². The maximum atomic E-state index is 13.5. The van der Waals surface area contributed by atoms with Crippen LogP contribution >= 0.6 is 0 Å². The van der Waals surface area contributed by atoms with E-state index in [1.54, 1.807) is 4.68 Å². The number of hydrogen-bond donors (Lipinski definition) is 0. The van der Waals surface area contributed by atoms with Crippen LogP contribution in [0.5, 0.6) is 0 Å². The van der Waals surface area contributed by atoms with Gasteiger partial charge >= 0.3 is 0 Å². The summed E-state index contributed by atoms with van der Waals surface area (Å²) >= 11 is 0. The van der Waals surface area contributed by atoms with Crippen molar-refractivity contribution >= 4 is 16.9 Å². The summed E-state index contributed by atoms with van der Waals surface area (Å²) in [6.07, 6.45) is 1.74. The third kappa shape index (κ3) is 2.89. The highest BCUT2D eigenvalue weighted by molar-refractivity contribution is 6.06. The number of pyridine rings is 1. The first-order chi connectivity index (χ1) is 12.9. The number of carbonyl (C=O) groups excluding carboxylic acids is 1. The topological polar surface area (TPSA) is 89.9 Å². The SMILES string of the molecule is Cc1cc(C(=O)N2CCCC2c2nc(C(C)C)no2)c2c(C)nn(C)c2n1. The Morgan fingerprint density at radius 3 is 2.78 bits per heavy atom. The predicted molar refractivity (Wildman–Crippen MR) is 99.4 cm³/mol. The molecule has 0 N–H and O–H groups in total. The molecule has 1 atom stereocenters. The quantitative estimate of drug-likeness (QED) is 0.706. The van der Waals surface area contributed by atoms with E-state index >= 15 is 0 Å². The van der Waals surface area contributed by atoms with Crippen molar-refractivity contribution in [2.75, 3.05) is 6.54 Å². The van der Waals surface area contributed by atoms with E-state index in [2.05, 4.69) is 20.2 Å². The van der Waals surface area contributed by atoms with Crippen molar-refractivity contribution in [3.63, 3.8) is 0 Å². The summed E-state index contributed by atoms with van der Waals surface area (Å²) in [5.74, 6) is 1.35. The van der Waals surface area contributed by atoms with Gasteiger partial charge in [0.1, 0.15) is 6.04 Å². The number of fused-ring (bicyclic) bond motifs is 1. The highest BCUT2D eigenvalue weighted by atomic mass is 16.5. The average Bonchev–Trinajstić information content (AvgIpc) is 3.33. The first kappa shape index (κ1) is 17.6. The number of hydrogen-bond acceptors (Lipinski definition) is 6. The maximum absolute atomic E-state index is 13.5. The fourth-order valence-corrected chi connectivity index (χ4v) is 3.78. The highest BCUT2D eigenvalue weighted by Crippen LogP contribution is 2.34. The van der Waals surface area contributed by atoms with Gasteiger partial charge in [0.25, 0.3) is 5.91 Å². The van der Waals surface area contributed by atoms with E-state index < -0.39 is 0 Å². The van der Waals surface area contributed by atoms with E-state index in [-0.39, 0.29) is 17.9 Å². The van der Waals surface area contributed by atoms with Gasteiger partial charge in [0.15, 0.2) is 11.5 Å². The number of amides is 1. The minimum absolute atomic E-state index is 0.0339. The smallest absolute Gasteiger partial charge is 0.255 e. The van der Waals surface area contributed by atoms with Crippen LogP contribution in [0.15, 0.2) is 10.6 Å². The molecule has 3 aromatic rings. The molecule has 0 saturated carbocycles. The summed E-state index contributed by atoms with van der Waals surface area (Å²) in [6, 6.07) is 1.67. The molecular formula is C19H24N6O2.